The highest BCUT2D eigenvalue weighted by Crippen LogP contribution is 2.24. The molecule has 1 amide bonds. The molecule has 1 aliphatic rings. The predicted octanol–water partition coefficient (Wildman–Crippen LogP) is 3.21. The first-order valence-electron chi connectivity index (χ1n) is 9.44. The number of likely N-dealkylation sites (tertiary alicyclic amines) is 1. The normalized spacial score (nSPS) is 15.2. The molecule has 10 heteroatoms. The number of halogens is 1. The van der Waals surface area contributed by atoms with Crippen molar-refractivity contribution in [3.8, 4) is 0 Å². The van der Waals surface area contributed by atoms with Crippen molar-refractivity contribution in [2.24, 2.45) is 0 Å². The summed E-state index contributed by atoms with van der Waals surface area (Å²) in [7, 11) is -3.85. The molecule has 0 bridgehead atoms. The summed E-state index contributed by atoms with van der Waals surface area (Å²) < 4.78 is 29.8. The maximum Gasteiger partial charge on any atom is 0.261 e. The lowest BCUT2D eigenvalue weighted by Crippen LogP contribution is -2.39. The van der Waals surface area contributed by atoms with Crippen molar-refractivity contribution >= 4 is 33.2 Å². The van der Waals surface area contributed by atoms with Crippen LogP contribution in [-0.2, 0) is 10.0 Å². The van der Waals surface area contributed by atoms with Gasteiger partial charge in [-0.25, -0.2) is 18.1 Å². The van der Waals surface area contributed by atoms with Crippen LogP contribution in [0.3, 0.4) is 0 Å². The van der Waals surface area contributed by atoms with Gasteiger partial charge in [0.25, 0.3) is 15.9 Å². The lowest BCUT2D eigenvalue weighted by atomic mass is 10.0. The summed E-state index contributed by atoms with van der Waals surface area (Å²) in [5.74, 6) is -0.188. The second kappa shape index (κ2) is 8.45. The molecule has 2 aromatic carbocycles. The monoisotopic (exact) mass is 445 g/mol. The standard InChI is InChI=1S/C20H20ClN5O3S/c21-16-4-2-5-17(12-16)24-30(28,29)19-6-1-3-15(11-19)20(27)25-9-7-18(8-10-25)26-14-22-13-23-26/h1-6,11-14,18,24H,7-10H2. The Morgan fingerprint density at radius 1 is 1.10 bits per heavy atom. The molecule has 1 N–H and O–H groups in total. The van der Waals surface area contributed by atoms with Crippen LogP contribution in [0.2, 0.25) is 5.02 Å². The van der Waals surface area contributed by atoms with E-state index in [0.29, 0.717) is 29.4 Å². The second-order valence-corrected chi connectivity index (χ2v) is 9.16. The van der Waals surface area contributed by atoms with Crippen molar-refractivity contribution in [3.63, 3.8) is 0 Å². The molecule has 0 unspecified atom stereocenters. The van der Waals surface area contributed by atoms with Gasteiger partial charge in [0, 0.05) is 23.7 Å². The highest BCUT2D eigenvalue weighted by atomic mass is 35.5. The largest absolute Gasteiger partial charge is 0.338 e. The number of piperidine rings is 1. The van der Waals surface area contributed by atoms with E-state index in [1.165, 1.54) is 24.5 Å². The molecule has 1 aromatic heterocycles. The van der Waals surface area contributed by atoms with Gasteiger partial charge >= 0.3 is 0 Å². The van der Waals surface area contributed by atoms with Crippen LogP contribution in [0.25, 0.3) is 0 Å². The van der Waals surface area contributed by atoms with E-state index in [0.717, 1.165) is 12.8 Å². The summed E-state index contributed by atoms with van der Waals surface area (Å²) in [4.78, 5) is 18.7. The van der Waals surface area contributed by atoms with Crippen molar-refractivity contribution in [2.45, 2.75) is 23.8 Å². The van der Waals surface area contributed by atoms with Crippen molar-refractivity contribution in [2.75, 3.05) is 17.8 Å². The summed E-state index contributed by atoms with van der Waals surface area (Å²) in [6, 6.07) is 12.7. The SMILES string of the molecule is O=C(c1cccc(S(=O)(=O)Nc2cccc(Cl)c2)c1)N1CCC(n2cncn2)CC1. The number of sulfonamides is 1. The van der Waals surface area contributed by atoms with Gasteiger partial charge in [-0.1, -0.05) is 23.7 Å². The van der Waals surface area contributed by atoms with Crippen molar-refractivity contribution < 1.29 is 13.2 Å². The molecule has 0 aliphatic carbocycles. The number of carbonyl (C=O) groups excluding carboxylic acids is 1. The number of carbonyl (C=O) groups is 1. The van der Waals surface area contributed by atoms with Crippen LogP contribution in [0.1, 0.15) is 29.2 Å². The van der Waals surface area contributed by atoms with Gasteiger partial charge in [0.15, 0.2) is 0 Å². The molecular formula is C20H20ClN5O3S. The molecule has 8 nitrogen and oxygen atoms in total. The van der Waals surface area contributed by atoms with Gasteiger partial charge < -0.3 is 4.90 Å². The fraction of sp³-hybridized carbons (Fsp3) is 0.250. The molecule has 30 heavy (non-hydrogen) atoms. The van der Waals surface area contributed by atoms with Crippen LogP contribution in [0.5, 0.6) is 0 Å². The average Bonchev–Trinajstić information content (AvgIpc) is 3.28. The molecule has 1 saturated heterocycles. The maximum atomic E-state index is 12.9. The zero-order valence-electron chi connectivity index (χ0n) is 16.0. The van der Waals surface area contributed by atoms with Gasteiger partial charge in [0.1, 0.15) is 12.7 Å². The van der Waals surface area contributed by atoms with E-state index in [1.54, 1.807) is 41.6 Å². The minimum atomic E-state index is -3.85. The summed E-state index contributed by atoms with van der Waals surface area (Å²) >= 11 is 5.92. The summed E-state index contributed by atoms with van der Waals surface area (Å²) in [5, 5.41) is 4.59. The minimum Gasteiger partial charge on any atom is -0.338 e. The van der Waals surface area contributed by atoms with Gasteiger partial charge in [0.05, 0.1) is 16.6 Å². The number of hydrogen-bond donors (Lipinski definition) is 1. The fourth-order valence-corrected chi connectivity index (χ4v) is 4.77. The highest BCUT2D eigenvalue weighted by Gasteiger charge is 2.26. The van der Waals surface area contributed by atoms with Crippen molar-refractivity contribution in [1.82, 2.24) is 19.7 Å². The molecule has 0 atom stereocenters. The molecule has 1 fully saturated rings. The van der Waals surface area contributed by atoms with E-state index in [9.17, 15) is 13.2 Å². The van der Waals surface area contributed by atoms with Crippen LogP contribution < -0.4 is 4.72 Å². The van der Waals surface area contributed by atoms with E-state index in [1.807, 2.05) is 4.68 Å². The molecule has 3 aromatic rings. The maximum absolute atomic E-state index is 12.9. The Kier molecular flexibility index (Phi) is 5.74. The topological polar surface area (TPSA) is 97.2 Å². The third-order valence-electron chi connectivity index (χ3n) is 5.03. The van der Waals surface area contributed by atoms with Crippen molar-refractivity contribution in [1.29, 1.82) is 0 Å². The zero-order valence-corrected chi connectivity index (χ0v) is 17.6. The molecule has 0 spiro atoms. The number of anilines is 1. The molecule has 2 heterocycles. The molecule has 4 rings (SSSR count). The second-order valence-electron chi connectivity index (χ2n) is 7.04. The summed E-state index contributed by atoms with van der Waals surface area (Å²) in [6.45, 7) is 1.14. The third-order valence-corrected chi connectivity index (χ3v) is 6.64. The number of rotatable bonds is 5. The molecule has 1 aliphatic heterocycles. The van der Waals surface area contributed by atoms with Gasteiger partial charge in [0.2, 0.25) is 0 Å². The highest BCUT2D eigenvalue weighted by molar-refractivity contribution is 7.92. The first-order valence-corrected chi connectivity index (χ1v) is 11.3. The quantitative estimate of drug-likeness (QED) is 0.650. The van der Waals surface area contributed by atoms with Gasteiger partial charge in [-0.2, -0.15) is 5.10 Å². The smallest absolute Gasteiger partial charge is 0.261 e. The molecular weight excluding hydrogens is 426 g/mol. The van der Waals surface area contributed by atoms with Crippen LogP contribution in [0, 0.1) is 0 Å². The lowest BCUT2D eigenvalue weighted by Gasteiger charge is -2.32. The van der Waals surface area contributed by atoms with Crippen molar-refractivity contribution in [3.05, 3.63) is 71.8 Å². The van der Waals surface area contributed by atoms with E-state index in [4.69, 9.17) is 11.6 Å². The van der Waals surface area contributed by atoms with Crippen LogP contribution in [-0.4, -0.2) is 47.1 Å². The first kappa shape index (κ1) is 20.4. The average molecular weight is 446 g/mol. The first-order chi connectivity index (χ1) is 14.4. The van der Waals surface area contributed by atoms with E-state index < -0.39 is 10.0 Å². The van der Waals surface area contributed by atoms with E-state index in [2.05, 4.69) is 14.8 Å². The lowest BCUT2D eigenvalue weighted by molar-refractivity contribution is 0.0689. The fourth-order valence-electron chi connectivity index (χ4n) is 3.48. The molecule has 0 saturated carbocycles. The Morgan fingerprint density at radius 3 is 2.57 bits per heavy atom. The van der Waals surface area contributed by atoms with Crippen LogP contribution in [0.15, 0.2) is 66.1 Å². The minimum absolute atomic E-state index is 0.0193. The number of amides is 1. The third kappa shape index (κ3) is 4.47. The van der Waals surface area contributed by atoms with E-state index >= 15 is 0 Å². The van der Waals surface area contributed by atoms with Crippen LogP contribution in [0.4, 0.5) is 5.69 Å². The summed E-state index contributed by atoms with van der Waals surface area (Å²) in [6.07, 6.45) is 4.72. The Hall–Kier alpha value is -2.91. The molecule has 156 valence electrons. The van der Waals surface area contributed by atoms with Crippen LogP contribution >= 0.6 is 11.6 Å². The number of nitrogens with one attached hydrogen (secondary N) is 1. The van der Waals surface area contributed by atoms with Gasteiger partial charge in [-0.05, 0) is 49.2 Å². The van der Waals surface area contributed by atoms with Gasteiger partial charge in [-0.15, -0.1) is 0 Å². The van der Waals surface area contributed by atoms with E-state index in [-0.39, 0.29) is 16.8 Å². The Morgan fingerprint density at radius 2 is 1.87 bits per heavy atom. The summed E-state index contributed by atoms with van der Waals surface area (Å²) in [5.41, 5.74) is 0.692. The zero-order chi connectivity index (χ0) is 21.1. The predicted molar refractivity (Wildman–Crippen MR) is 113 cm³/mol. The number of hydrogen-bond acceptors (Lipinski definition) is 5. The Labute approximate surface area is 179 Å². The Balaban J connectivity index is 1.47. The number of nitrogens with zero attached hydrogens (tertiary/aromatic N) is 4. The number of benzene rings is 2. The number of aromatic nitrogens is 3. The Bertz CT molecular complexity index is 1140. The molecule has 0 radical (unpaired) electrons. The van der Waals surface area contributed by atoms with Gasteiger partial charge in [-0.3, -0.25) is 9.52 Å².